The summed E-state index contributed by atoms with van der Waals surface area (Å²) in [5, 5.41) is 0. The summed E-state index contributed by atoms with van der Waals surface area (Å²) in [5.74, 6) is 0. The largest absolute Gasteiger partial charge is 0.326 e. The van der Waals surface area contributed by atoms with Crippen LogP contribution in [-0.4, -0.2) is 644 Å². The summed E-state index contributed by atoms with van der Waals surface area (Å²) >= 11 is 0. The van der Waals surface area contributed by atoms with E-state index >= 15 is 105 Å². The number of hydrogen-bond acceptors (Lipinski definition) is 22. The minimum Gasteiger partial charge on any atom is -0.305 e. The summed E-state index contributed by atoms with van der Waals surface area (Å²) in [6.45, 7) is -17.4. The first-order valence-electron chi connectivity index (χ1n) is 44.2. The van der Waals surface area contributed by atoms with Gasteiger partial charge >= 0.3 is 133 Å². The molecule has 134 heavy (non-hydrogen) atoms. The number of nitrogens with zero attached hydrogens (tertiary/aromatic N) is 44. The van der Waals surface area contributed by atoms with Gasteiger partial charge in [-0.25, -0.2) is 105 Å². The van der Waals surface area contributed by atoms with Crippen LogP contribution in [-0.2, 0) is 0 Å². The molecule has 0 aliphatic carbocycles. The molecule has 20 atom stereocenters. The van der Waals surface area contributed by atoms with Crippen LogP contribution in [0.15, 0.2) is 0 Å². The van der Waals surface area contributed by atoms with E-state index in [2.05, 4.69) is 0 Å². The summed E-state index contributed by atoms with van der Waals surface area (Å²) < 4.78 is 0. The van der Waals surface area contributed by atoms with E-state index in [-0.39, 0.29) is 26.2 Å². The number of carbonyl (C=O) groups is 22. The highest BCUT2D eigenvalue weighted by atomic mass is 16.3. The third-order valence-corrected chi connectivity index (χ3v) is 34.4. The standard InChI is InChI=1S/C68H72N44O22/c113-47-69-1-2-70(47)6-74-28-32-82(50(74)116)12-90-36-40-98(58(90)124)20-106-44-43-105(65(106)131)19-97-39-35-89(57(97)123)11-81-31-27(73(5-69)49(81)115)77-9-79-29-33-83-13-91-37-41-99(59(91)125)21-107-45-46-108(66(107)132)22-100-42-38-92(60(100)126)14-84-34-30(76(52(84)118)8-72-4-3-71(48(72)114)7-75(29)51(83)117)80(56(122)88(34)18-96(38)64(130)104(42)26-112(46)68(134)111(45)25-103(41)63(129)95(37)17-87(33)55(79)121)10-78(28)54(120)86(32)16-94(36)62(128)102(40)24-110(44)67(133)109(43)23-101(39)61(127)93(35)15-85(31)53(77)119/h27-46H,1-26H2/t27-,28+,29-,30+,31+,32-,33+,34-,35-,36+,37-,38+,39+,40-,41+,42-,43-,44+,45-,46+. The summed E-state index contributed by atoms with van der Waals surface area (Å²) in [5.41, 5.74) is 0. The minimum absolute atomic E-state index is 0.272. The van der Waals surface area contributed by atoms with Crippen LogP contribution in [0.1, 0.15) is 0 Å². The molecule has 33 fully saturated rings. The molecule has 33 aliphatic rings. The molecule has 0 N–H and O–H groups in total. The molecule has 24 bridgehead atoms. The summed E-state index contributed by atoms with van der Waals surface area (Å²) in [6.07, 6.45) is -30.4. The van der Waals surface area contributed by atoms with Crippen molar-refractivity contribution in [2.24, 2.45) is 0 Å². The quantitative estimate of drug-likeness (QED) is 0.217. The first-order valence-corrected chi connectivity index (χ1v) is 44.2. The third kappa shape index (κ3) is 7.30. The van der Waals surface area contributed by atoms with Gasteiger partial charge in [-0.3, -0.25) is 196 Å². The van der Waals surface area contributed by atoms with E-state index in [4.69, 9.17) is 0 Å². The van der Waals surface area contributed by atoms with Gasteiger partial charge in [0.25, 0.3) is 0 Å². The van der Waals surface area contributed by atoms with Crippen LogP contribution in [0.25, 0.3) is 0 Å². The smallest absolute Gasteiger partial charge is 0.305 e. The van der Waals surface area contributed by atoms with E-state index in [9.17, 15) is 0 Å². The highest BCUT2D eigenvalue weighted by molar-refractivity contribution is 5.98. The second-order valence-electron chi connectivity index (χ2n) is 39.4. The highest BCUT2D eigenvalue weighted by Crippen LogP contribution is 2.56. The lowest BCUT2D eigenvalue weighted by Crippen LogP contribution is -2.63. The SMILES string of the molecule is O=C1N2CCN1CN1C(=O)N3CN4C(=O)N5CN6C(=O)N7CN8C(=O)N9CN%10C(=O)N(C2)[C@H]2[C@@H]%10N%10CN%11C(=O)N(CN%12C(=O)N(CN%13C(=O)N(CN%14C(=O)N(CN%15C(=O)N%16CN%17C(=O)N%18CN%19C(=O)N%20CN%21C(=O)N%22CN%23C(=O)N(CN2C%10=O)[C@@H]2[C@H]%23N%10CN%23C(=O)N(CN%24C(=O)N(CN%25C(=O)N(CN%26C(=O)N(CN%27CCN(CN2C%10=O)C%27=O)[C@@H]%15[C@H]%26%16)[C@@H]%17[C@H]%25%18)[C@@H]%19[C@H]%24%20)[C@@H]%21[C@H]%23%22)[C@H]1[C@H]3%14)[C@H]4[C@H]5%13)[C@H]6[C@H]7%12)[C@H]8[C@H]9%11. The zero-order valence-electron chi connectivity index (χ0n) is 69.6. The van der Waals surface area contributed by atoms with Crippen molar-refractivity contribution in [3.05, 3.63) is 0 Å². The van der Waals surface area contributed by atoms with Crippen LogP contribution >= 0.6 is 0 Å². The molecule has 66 heteroatoms. The second-order valence-corrected chi connectivity index (χ2v) is 39.4. The van der Waals surface area contributed by atoms with Gasteiger partial charge in [0, 0.05) is 26.2 Å². The van der Waals surface area contributed by atoms with Crippen LogP contribution in [0.4, 0.5) is 105 Å². The average molecular weight is 1860 g/mol. The maximum atomic E-state index is 16.9. The van der Waals surface area contributed by atoms with Gasteiger partial charge in [0.05, 0.1) is 0 Å². The predicted molar refractivity (Wildman–Crippen MR) is 402 cm³/mol. The molecular formula is C68H72N44O22. The monoisotopic (exact) mass is 1860 g/mol. The molecule has 0 aromatic rings. The normalized spacial score (nSPS) is 38.8. The van der Waals surface area contributed by atoms with Crippen molar-refractivity contribution < 1.29 is 105 Å². The lowest BCUT2D eigenvalue weighted by molar-refractivity contribution is -0.0181. The molecule has 66 nitrogen and oxygen atoms in total. The van der Waals surface area contributed by atoms with Crippen molar-refractivity contribution >= 4 is 133 Å². The number of carbonyl (C=O) groups excluding carboxylic acids is 22. The average Bonchev–Trinajstić information content (AvgIpc) is 1.51. The molecule has 0 saturated carbocycles. The zero-order chi connectivity index (χ0) is 90.0. The van der Waals surface area contributed by atoms with Crippen molar-refractivity contribution in [3.8, 4) is 0 Å². The highest BCUT2D eigenvalue weighted by Gasteiger charge is 2.80. The van der Waals surface area contributed by atoms with Crippen LogP contribution in [0, 0.1) is 0 Å². The number of hydrogen-bond donors (Lipinski definition) is 0. The fraction of sp³-hybridized carbons (Fsp3) is 0.676. The van der Waals surface area contributed by atoms with Crippen molar-refractivity contribution in [1.82, 2.24) is 216 Å². The van der Waals surface area contributed by atoms with Crippen molar-refractivity contribution in [3.63, 3.8) is 0 Å². The third-order valence-electron chi connectivity index (χ3n) is 34.4. The van der Waals surface area contributed by atoms with Gasteiger partial charge in [0.15, 0.2) is 123 Å². The Morgan fingerprint density at radius 2 is 0.149 bits per heavy atom. The van der Waals surface area contributed by atoms with Gasteiger partial charge in [0.2, 0.25) is 0 Å². The molecule has 0 radical (unpaired) electrons. The first kappa shape index (κ1) is 71.7. The van der Waals surface area contributed by atoms with Gasteiger partial charge in [-0.05, 0) is 0 Å². The van der Waals surface area contributed by atoms with E-state index in [1.54, 1.807) is 0 Å². The molecular weight excluding hydrogens is 1790 g/mol. The molecule has 33 heterocycles. The number of rotatable bonds is 0. The summed E-state index contributed by atoms with van der Waals surface area (Å²) in [4.78, 5) is 412. The maximum Gasteiger partial charge on any atom is 0.326 e. The molecule has 0 aromatic heterocycles. The fourth-order valence-corrected chi connectivity index (χ4v) is 28.9. The van der Waals surface area contributed by atoms with Crippen LogP contribution in [0.2, 0.25) is 0 Å². The number of amides is 44. The number of urea groups is 22. The Morgan fingerprint density at radius 1 is 0.0896 bits per heavy atom. The van der Waals surface area contributed by atoms with Gasteiger partial charge in [0.1, 0.15) is 147 Å². The van der Waals surface area contributed by atoms with Crippen molar-refractivity contribution in [2.45, 2.75) is 123 Å². The van der Waals surface area contributed by atoms with Gasteiger partial charge in [-0.2, -0.15) is 0 Å². The summed E-state index contributed by atoms with van der Waals surface area (Å²) in [6, 6.07) is -19.7. The van der Waals surface area contributed by atoms with Gasteiger partial charge < -0.3 is 19.6 Å². The summed E-state index contributed by atoms with van der Waals surface area (Å²) in [7, 11) is 0. The Labute approximate surface area is 747 Å². The van der Waals surface area contributed by atoms with Crippen LogP contribution in [0.5, 0.6) is 0 Å². The Balaban J connectivity index is 0.599. The zero-order valence-corrected chi connectivity index (χ0v) is 69.6. The molecule has 0 spiro atoms. The molecule has 0 aromatic carbocycles. The van der Waals surface area contributed by atoms with E-state index in [0.29, 0.717) is 0 Å². The predicted octanol–water partition coefficient (Wildman–Crippen LogP) is -10.0. The van der Waals surface area contributed by atoms with Gasteiger partial charge in [-0.15, -0.1) is 0 Å². The molecule has 0 unspecified atom stereocenters. The van der Waals surface area contributed by atoms with Crippen molar-refractivity contribution in [2.75, 3.05) is 173 Å². The Hall–Kier alpha value is -16.1. The lowest BCUT2D eigenvalue weighted by Gasteiger charge is -2.42. The lowest BCUT2D eigenvalue weighted by atomic mass is 10.3. The first-order chi connectivity index (χ1) is 64.6. The van der Waals surface area contributed by atoms with Gasteiger partial charge in [-0.1, -0.05) is 0 Å². The second kappa shape index (κ2) is 21.9. The topological polar surface area (TPSA) is 518 Å². The fourth-order valence-electron chi connectivity index (χ4n) is 28.9. The van der Waals surface area contributed by atoms with E-state index in [0.717, 1.165) is 39.2 Å². The molecule has 33 saturated heterocycles. The minimum atomic E-state index is -1.71. The van der Waals surface area contributed by atoms with E-state index in [1.165, 1.54) is 176 Å². The molecule has 33 rings (SSSR count). The molecule has 33 aliphatic heterocycles. The van der Waals surface area contributed by atoms with Crippen LogP contribution < -0.4 is 0 Å². The Kier molecular flexibility index (Phi) is 11.7. The molecule has 696 valence electrons. The van der Waals surface area contributed by atoms with Crippen molar-refractivity contribution in [1.29, 1.82) is 0 Å². The molecule has 44 amide bonds. The maximum absolute atomic E-state index is 16.9. The van der Waals surface area contributed by atoms with E-state index < -0.39 is 403 Å². The van der Waals surface area contributed by atoms with E-state index in [1.807, 2.05) is 0 Å². The van der Waals surface area contributed by atoms with Crippen LogP contribution in [0.3, 0.4) is 0 Å². The Bertz CT molecular complexity index is 5340. The Morgan fingerprint density at radius 3 is 0.216 bits per heavy atom.